The molecule has 13 heteroatoms. The average Bonchev–Trinajstić information content (AvgIpc) is 3.40. The summed E-state index contributed by atoms with van der Waals surface area (Å²) >= 11 is 0. The van der Waals surface area contributed by atoms with Crippen LogP contribution in [-0.4, -0.2) is 76.7 Å². The van der Waals surface area contributed by atoms with Crippen LogP contribution in [0.4, 0.5) is 4.79 Å². The molecule has 31 heavy (non-hydrogen) atoms. The summed E-state index contributed by atoms with van der Waals surface area (Å²) in [6.07, 6.45) is 0.507. The Labute approximate surface area is 184 Å². The number of hydrogen-bond donors (Lipinski definition) is 4. The van der Waals surface area contributed by atoms with Crippen molar-refractivity contribution >= 4 is 26.1 Å². The predicted octanol–water partition coefficient (Wildman–Crippen LogP) is -0.433. The minimum atomic E-state index is -3.59. The number of benzene rings is 1. The van der Waals surface area contributed by atoms with Gasteiger partial charge in [0.25, 0.3) is 0 Å². The van der Waals surface area contributed by atoms with Crippen molar-refractivity contribution in [1.29, 1.82) is 0 Å². The second kappa shape index (κ2) is 13.6. The zero-order chi connectivity index (χ0) is 22.8. The molecule has 180 valence electrons. The Bertz CT molecular complexity index is 858. The van der Waals surface area contributed by atoms with Gasteiger partial charge in [-0.2, -0.15) is 0 Å². The molecule has 1 amide bonds. The van der Waals surface area contributed by atoms with Crippen LogP contribution in [0.1, 0.15) is 25.8 Å². The molecular formula is C18H34N4O7S2. The van der Waals surface area contributed by atoms with Crippen molar-refractivity contribution in [3.05, 3.63) is 35.9 Å². The number of nitrogens with zero attached hydrogens (tertiary/aromatic N) is 1. The van der Waals surface area contributed by atoms with Crippen molar-refractivity contribution in [1.82, 2.24) is 10.2 Å². The van der Waals surface area contributed by atoms with Gasteiger partial charge in [-0.05, 0) is 24.9 Å². The molecule has 0 bridgehead atoms. The number of amides is 1. The highest BCUT2D eigenvalue weighted by Crippen LogP contribution is 2.16. The van der Waals surface area contributed by atoms with E-state index in [0.717, 1.165) is 19.2 Å². The van der Waals surface area contributed by atoms with Crippen LogP contribution < -0.4 is 15.6 Å². The summed E-state index contributed by atoms with van der Waals surface area (Å²) in [7, 11) is -5.85. The number of nitrogens with two attached hydrogens (primary N) is 2. The Morgan fingerprint density at radius 2 is 1.68 bits per heavy atom. The predicted molar refractivity (Wildman–Crippen MR) is 119 cm³/mol. The average molecular weight is 483 g/mol. The summed E-state index contributed by atoms with van der Waals surface area (Å²) in [5.41, 5.74) is 0.887. The lowest BCUT2D eigenvalue weighted by atomic mass is 10.2. The number of likely N-dealkylation sites (tertiary alicyclic amines) is 1. The van der Waals surface area contributed by atoms with Crippen LogP contribution in [0.2, 0.25) is 0 Å². The van der Waals surface area contributed by atoms with Crippen LogP contribution in [0.5, 0.6) is 0 Å². The van der Waals surface area contributed by atoms with Gasteiger partial charge in [0.2, 0.25) is 20.0 Å². The Balaban J connectivity index is 0.000000633. The van der Waals surface area contributed by atoms with E-state index in [0.29, 0.717) is 25.9 Å². The van der Waals surface area contributed by atoms with E-state index in [4.69, 9.17) is 20.1 Å². The van der Waals surface area contributed by atoms with Gasteiger partial charge in [0, 0.05) is 26.7 Å². The van der Waals surface area contributed by atoms with Gasteiger partial charge in [0.05, 0.1) is 10.5 Å². The van der Waals surface area contributed by atoms with Crippen molar-refractivity contribution in [2.24, 2.45) is 10.3 Å². The van der Waals surface area contributed by atoms with E-state index < -0.39 is 31.4 Å². The van der Waals surface area contributed by atoms with E-state index in [2.05, 4.69) is 5.32 Å². The minimum absolute atomic E-state index is 0. The fourth-order valence-corrected chi connectivity index (χ4v) is 4.50. The first-order valence-corrected chi connectivity index (χ1v) is 12.4. The van der Waals surface area contributed by atoms with E-state index in [-0.39, 0.29) is 25.8 Å². The number of aliphatic hydroxyl groups excluding tert-OH is 1. The molecule has 0 aromatic heterocycles. The molecule has 2 aliphatic heterocycles. The summed E-state index contributed by atoms with van der Waals surface area (Å²) in [6.45, 7) is 1.91. The molecule has 2 unspecified atom stereocenters. The highest BCUT2D eigenvalue weighted by atomic mass is 32.2. The largest absolute Gasteiger partial charge is 0.445 e. The Kier molecular flexibility index (Phi) is 12.8. The highest BCUT2D eigenvalue weighted by Gasteiger charge is 2.33. The van der Waals surface area contributed by atoms with Gasteiger partial charge in [-0.25, -0.2) is 31.9 Å². The maximum absolute atomic E-state index is 11.8. The van der Waals surface area contributed by atoms with Gasteiger partial charge in [0.1, 0.15) is 6.61 Å². The molecule has 1 aromatic rings. The monoisotopic (exact) mass is 482 g/mol. The van der Waals surface area contributed by atoms with Crippen molar-refractivity contribution < 1.29 is 31.5 Å². The van der Waals surface area contributed by atoms with Crippen LogP contribution in [0.25, 0.3) is 0 Å². The SMILES string of the molecule is C.CO.NS(=O)(=O)C1CCN(C(=O)OCc2ccccc2)C1.NS(=O)(=O)C1CCNC1. The number of ether oxygens (including phenoxy) is 1. The molecule has 11 nitrogen and oxygen atoms in total. The van der Waals surface area contributed by atoms with Gasteiger partial charge in [-0.3, -0.25) is 0 Å². The zero-order valence-electron chi connectivity index (χ0n) is 16.8. The number of carbonyl (C=O) groups excluding carboxylic acids is 1. The molecular weight excluding hydrogens is 448 g/mol. The molecule has 2 heterocycles. The first kappa shape index (κ1) is 29.2. The highest BCUT2D eigenvalue weighted by molar-refractivity contribution is 7.90. The molecule has 2 fully saturated rings. The Morgan fingerprint density at radius 1 is 1.10 bits per heavy atom. The fourth-order valence-electron chi connectivity index (χ4n) is 2.88. The lowest BCUT2D eigenvalue weighted by molar-refractivity contribution is 0.104. The molecule has 2 saturated heterocycles. The molecule has 0 saturated carbocycles. The van der Waals surface area contributed by atoms with Gasteiger partial charge >= 0.3 is 6.09 Å². The molecule has 2 atom stereocenters. The first-order valence-electron chi connectivity index (χ1n) is 9.21. The lowest BCUT2D eigenvalue weighted by Crippen LogP contribution is -2.34. The maximum Gasteiger partial charge on any atom is 0.410 e. The van der Waals surface area contributed by atoms with Crippen molar-refractivity contribution in [3.63, 3.8) is 0 Å². The van der Waals surface area contributed by atoms with Crippen molar-refractivity contribution in [2.45, 2.75) is 37.4 Å². The fraction of sp³-hybridized carbons (Fsp3) is 0.611. The van der Waals surface area contributed by atoms with E-state index in [1.54, 1.807) is 0 Å². The summed E-state index contributed by atoms with van der Waals surface area (Å²) in [6, 6.07) is 9.30. The van der Waals surface area contributed by atoms with Gasteiger partial charge in [-0.15, -0.1) is 0 Å². The lowest BCUT2D eigenvalue weighted by Gasteiger charge is -2.15. The third-order valence-electron chi connectivity index (χ3n) is 4.55. The number of aliphatic hydroxyl groups is 1. The molecule has 0 spiro atoms. The normalized spacial score (nSPS) is 20.5. The van der Waals surface area contributed by atoms with Crippen LogP contribution in [0.15, 0.2) is 30.3 Å². The van der Waals surface area contributed by atoms with Crippen LogP contribution in [0.3, 0.4) is 0 Å². The minimum Gasteiger partial charge on any atom is -0.445 e. The molecule has 2 aliphatic rings. The van der Waals surface area contributed by atoms with E-state index in [1.165, 1.54) is 4.90 Å². The van der Waals surface area contributed by atoms with Gasteiger partial charge < -0.3 is 20.1 Å². The summed E-state index contributed by atoms with van der Waals surface area (Å²) in [5, 5.41) is 18.8. The molecule has 0 radical (unpaired) electrons. The number of primary sulfonamides is 2. The Morgan fingerprint density at radius 3 is 2.10 bits per heavy atom. The third-order valence-corrected chi connectivity index (χ3v) is 7.20. The van der Waals surface area contributed by atoms with Crippen LogP contribution in [0, 0.1) is 0 Å². The zero-order valence-corrected chi connectivity index (χ0v) is 18.4. The molecule has 1 aromatic carbocycles. The van der Waals surface area contributed by atoms with E-state index in [1.807, 2.05) is 30.3 Å². The molecule has 3 rings (SSSR count). The van der Waals surface area contributed by atoms with Crippen LogP contribution >= 0.6 is 0 Å². The third kappa shape index (κ3) is 10.4. The topological polar surface area (TPSA) is 182 Å². The number of rotatable bonds is 4. The number of carbonyl (C=O) groups is 1. The van der Waals surface area contributed by atoms with Gasteiger partial charge in [0.15, 0.2) is 0 Å². The quantitative estimate of drug-likeness (QED) is 0.445. The Hall–Kier alpha value is -1.77. The number of sulfonamides is 2. The first-order chi connectivity index (χ1) is 14.1. The summed E-state index contributed by atoms with van der Waals surface area (Å²) < 4.78 is 48.6. The second-order valence-corrected chi connectivity index (χ2v) is 10.4. The molecule has 0 aliphatic carbocycles. The number of nitrogens with one attached hydrogen (secondary N) is 1. The van der Waals surface area contributed by atoms with Gasteiger partial charge in [-0.1, -0.05) is 37.8 Å². The number of hydrogen-bond acceptors (Lipinski definition) is 8. The second-order valence-electron chi connectivity index (χ2n) is 6.69. The summed E-state index contributed by atoms with van der Waals surface area (Å²) in [5.74, 6) is 0. The van der Waals surface area contributed by atoms with E-state index >= 15 is 0 Å². The van der Waals surface area contributed by atoms with Crippen molar-refractivity contribution in [3.8, 4) is 0 Å². The smallest absolute Gasteiger partial charge is 0.410 e. The van der Waals surface area contributed by atoms with E-state index in [9.17, 15) is 21.6 Å². The molecule has 6 N–H and O–H groups in total. The maximum atomic E-state index is 11.8. The van der Waals surface area contributed by atoms with Crippen LogP contribution in [-0.2, 0) is 31.4 Å². The standard InChI is InChI=1S/C12H16N2O4S.C4H10N2O2S.CH4O.CH4/c13-19(16,17)11-6-7-14(8-11)12(15)18-9-10-4-2-1-3-5-10;5-9(7,8)4-1-2-6-3-4;1-2;/h1-5,11H,6-9H2,(H2,13,16,17);4,6H,1-3H2,(H2,5,7,8);2H,1H3;1H4. The summed E-state index contributed by atoms with van der Waals surface area (Å²) in [4.78, 5) is 13.1. The van der Waals surface area contributed by atoms with Crippen molar-refractivity contribution in [2.75, 3.05) is 33.3 Å².